The number of benzene rings is 2. The van der Waals surface area contributed by atoms with Crippen molar-refractivity contribution in [3.63, 3.8) is 0 Å². The van der Waals surface area contributed by atoms with E-state index in [0.717, 1.165) is 18.6 Å². The highest BCUT2D eigenvalue weighted by Gasteiger charge is 2.44. The predicted octanol–water partition coefficient (Wildman–Crippen LogP) is 5.33. The van der Waals surface area contributed by atoms with Gasteiger partial charge in [0.15, 0.2) is 9.84 Å². The Balaban J connectivity index is 1.51. The number of carbonyl (C=O) groups is 1. The zero-order valence-corrected chi connectivity index (χ0v) is 24.0. The number of halogens is 3. The Morgan fingerprint density at radius 1 is 1.05 bits per heavy atom. The molecular weight excluding hydrogens is 541 g/mol. The first-order chi connectivity index (χ1) is 18.8. The van der Waals surface area contributed by atoms with E-state index in [0.29, 0.717) is 31.8 Å². The van der Waals surface area contributed by atoms with E-state index in [2.05, 4.69) is 18.7 Å². The van der Waals surface area contributed by atoms with E-state index in [1.807, 2.05) is 7.05 Å². The van der Waals surface area contributed by atoms with Gasteiger partial charge >= 0.3 is 6.18 Å². The lowest BCUT2D eigenvalue weighted by molar-refractivity contribution is -0.138. The van der Waals surface area contributed by atoms with Gasteiger partial charge in [0.1, 0.15) is 0 Å². The third kappa shape index (κ3) is 6.89. The lowest BCUT2D eigenvalue weighted by Crippen LogP contribution is -2.51. The van der Waals surface area contributed by atoms with Crippen molar-refractivity contribution in [1.29, 1.82) is 0 Å². The van der Waals surface area contributed by atoms with E-state index < -0.39 is 33.6 Å². The minimum Gasteiger partial charge on any atom is -0.388 e. The maximum Gasteiger partial charge on any atom is 0.416 e. The molecule has 0 bridgehead atoms. The van der Waals surface area contributed by atoms with Crippen molar-refractivity contribution >= 4 is 15.7 Å². The second-order valence-electron chi connectivity index (χ2n) is 11.5. The van der Waals surface area contributed by atoms with Crippen molar-refractivity contribution in [1.82, 2.24) is 9.80 Å². The summed E-state index contributed by atoms with van der Waals surface area (Å²) in [4.78, 5) is 17.9. The number of likely N-dealkylation sites (tertiary alicyclic amines) is 1. The van der Waals surface area contributed by atoms with Crippen LogP contribution in [0.25, 0.3) is 0 Å². The summed E-state index contributed by atoms with van der Waals surface area (Å²) in [5, 5.41) is 10.7. The predicted molar refractivity (Wildman–Crippen MR) is 147 cm³/mol. The van der Waals surface area contributed by atoms with E-state index in [4.69, 9.17) is 0 Å². The van der Waals surface area contributed by atoms with Gasteiger partial charge in [0.05, 0.1) is 22.3 Å². The van der Waals surface area contributed by atoms with Crippen LogP contribution >= 0.6 is 0 Å². The van der Waals surface area contributed by atoms with Gasteiger partial charge in [-0.15, -0.1) is 0 Å². The monoisotopic (exact) mass is 580 g/mol. The van der Waals surface area contributed by atoms with E-state index >= 15 is 0 Å². The summed E-state index contributed by atoms with van der Waals surface area (Å²) in [5.74, 6) is -1.02. The fourth-order valence-corrected chi connectivity index (χ4v) is 7.94. The third-order valence-electron chi connectivity index (χ3n) is 8.70. The maximum atomic E-state index is 13.6. The molecule has 2 aliphatic rings. The Kier molecular flexibility index (Phi) is 9.31. The van der Waals surface area contributed by atoms with Crippen LogP contribution in [0.1, 0.15) is 63.2 Å². The largest absolute Gasteiger partial charge is 0.416 e. The first kappa shape index (κ1) is 30.5. The Bertz CT molecular complexity index is 1270. The Morgan fingerprint density at radius 3 is 2.40 bits per heavy atom. The Morgan fingerprint density at radius 2 is 1.75 bits per heavy atom. The summed E-state index contributed by atoms with van der Waals surface area (Å²) < 4.78 is 66.2. The molecule has 2 aromatic carbocycles. The second kappa shape index (κ2) is 12.2. The van der Waals surface area contributed by atoms with Crippen molar-refractivity contribution in [3.8, 4) is 0 Å². The van der Waals surface area contributed by atoms with Gasteiger partial charge < -0.3 is 14.9 Å². The van der Waals surface area contributed by atoms with Gasteiger partial charge in [0.2, 0.25) is 5.91 Å². The average Bonchev–Trinajstić information content (AvgIpc) is 3.27. The number of aliphatic hydroxyl groups excluding tert-OH is 1. The quantitative estimate of drug-likeness (QED) is 0.434. The lowest BCUT2D eigenvalue weighted by Gasteiger charge is -2.44. The van der Waals surface area contributed by atoms with Crippen LogP contribution in [0.2, 0.25) is 0 Å². The number of aliphatic hydroxyl groups is 1. The number of alkyl halides is 3. The fraction of sp³-hybridized carbons (Fsp3) is 0.567. The number of carbonyl (C=O) groups excluding carboxylic acids is 1. The first-order valence-corrected chi connectivity index (χ1v) is 15.6. The standard InChI is InChI=1S/C30H39F3N2O4S/c1-20(2)34(3)25-12-13-27(23(17-25)19-40(38,39)26-10-5-4-6-11-26)35-15-14-22(29(35)37)18-28(36)21-8-7-9-24(16-21)30(31,32)33/h4-11,16,20,22-23,25,27-28,36H,12-15,17-19H2,1-3H3/t22?,23-,25+,27-,28-/m0/s1. The SMILES string of the molecule is CC(C)N(C)[C@@H]1CC[C@H](N2CCC(C[C@H](O)c3cccc(C(F)(F)F)c3)C2=O)[C@H](CS(=O)(=O)c2ccccc2)C1. The van der Waals surface area contributed by atoms with Crippen LogP contribution in [-0.4, -0.2) is 66.7 Å². The fourth-order valence-electron chi connectivity index (χ4n) is 6.25. The lowest BCUT2D eigenvalue weighted by atomic mass is 9.80. The molecule has 0 radical (unpaired) electrons. The molecule has 1 amide bonds. The summed E-state index contributed by atoms with van der Waals surface area (Å²) >= 11 is 0. The van der Waals surface area contributed by atoms with E-state index in [1.165, 1.54) is 12.1 Å². The molecule has 0 aromatic heterocycles. The molecular formula is C30H39F3N2O4S. The molecule has 0 spiro atoms. The molecule has 1 saturated heterocycles. The first-order valence-electron chi connectivity index (χ1n) is 13.9. The zero-order valence-electron chi connectivity index (χ0n) is 23.2. The van der Waals surface area contributed by atoms with Gasteiger partial charge in [0.25, 0.3) is 0 Å². The summed E-state index contributed by atoms with van der Waals surface area (Å²) in [6, 6.07) is 13.2. The van der Waals surface area contributed by atoms with E-state index in [1.54, 1.807) is 35.2 Å². The van der Waals surface area contributed by atoms with Crippen LogP contribution < -0.4 is 0 Å². The van der Waals surface area contributed by atoms with E-state index in [9.17, 15) is 31.5 Å². The number of sulfone groups is 1. The second-order valence-corrected chi connectivity index (χ2v) is 13.6. The molecule has 5 atom stereocenters. The molecule has 40 heavy (non-hydrogen) atoms. The highest BCUT2D eigenvalue weighted by Crippen LogP contribution is 2.39. The molecule has 6 nitrogen and oxygen atoms in total. The highest BCUT2D eigenvalue weighted by atomic mass is 32.2. The van der Waals surface area contributed by atoms with Gasteiger partial charge in [0, 0.05) is 30.6 Å². The smallest absolute Gasteiger partial charge is 0.388 e. The Hall–Kier alpha value is -2.43. The summed E-state index contributed by atoms with van der Waals surface area (Å²) in [6.07, 6.45) is -3.08. The van der Waals surface area contributed by atoms with Gasteiger partial charge in [-0.25, -0.2) is 8.42 Å². The van der Waals surface area contributed by atoms with Crippen molar-refractivity contribution in [2.45, 2.75) is 81.3 Å². The topological polar surface area (TPSA) is 77.9 Å². The number of rotatable bonds is 9. The van der Waals surface area contributed by atoms with Crippen molar-refractivity contribution in [2.24, 2.45) is 11.8 Å². The third-order valence-corrected chi connectivity index (χ3v) is 10.6. The van der Waals surface area contributed by atoms with E-state index in [-0.39, 0.29) is 46.5 Å². The molecule has 1 saturated carbocycles. The average molecular weight is 581 g/mol. The molecule has 10 heteroatoms. The van der Waals surface area contributed by atoms with Gasteiger partial charge in [-0.1, -0.05) is 30.3 Å². The van der Waals surface area contributed by atoms with Crippen LogP contribution in [0, 0.1) is 11.8 Å². The van der Waals surface area contributed by atoms with Crippen LogP contribution in [0.5, 0.6) is 0 Å². The van der Waals surface area contributed by atoms with Crippen molar-refractivity contribution < 1.29 is 31.5 Å². The minimum absolute atomic E-state index is 0.0229. The molecule has 4 rings (SSSR count). The zero-order chi connectivity index (χ0) is 29.2. The summed E-state index contributed by atoms with van der Waals surface area (Å²) in [6.45, 7) is 4.65. The molecule has 1 aliphatic carbocycles. The normalized spacial score (nSPS) is 25.1. The highest BCUT2D eigenvalue weighted by molar-refractivity contribution is 7.91. The number of amides is 1. The van der Waals surface area contributed by atoms with Crippen LogP contribution in [-0.2, 0) is 20.8 Å². The number of hydrogen-bond acceptors (Lipinski definition) is 5. The molecule has 1 aliphatic heterocycles. The van der Waals surface area contributed by atoms with Crippen molar-refractivity contribution in [3.05, 3.63) is 65.7 Å². The van der Waals surface area contributed by atoms with Crippen molar-refractivity contribution in [2.75, 3.05) is 19.3 Å². The molecule has 220 valence electrons. The summed E-state index contributed by atoms with van der Waals surface area (Å²) in [7, 11) is -1.54. The number of hydrogen-bond donors (Lipinski definition) is 1. The number of nitrogens with zero attached hydrogens (tertiary/aromatic N) is 2. The molecule has 2 aromatic rings. The van der Waals surface area contributed by atoms with Gasteiger partial charge in [-0.2, -0.15) is 13.2 Å². The van der Waals surface area contributed by atoms with Crippen LogP contribution in [0.3, 0.4) is 0 Å². The van der Waals surface area contributed by atoms with Gasteiger partial charge in [-0.05, 0) is 88.7 Å². The molecule has 1 N–H and O–H groups in total. The molecule has 2 fully saturated rings. The van der Waals surface area contributed by atoms with Crippen LogP contribution in [0.15, 0.2) is 59.5 Å². The maximum absolute atomic E-state index is 13.6. The van der Waals surface area contributed by atoms with Crippen LogP contribution in [0.4, 0.5) is 13.2 Å². The van der Waals surface area contributed by atoms with Gasteiger partial charge in [-0.3, -0.25) is 4.79 Å². The Labute approximate surface area is 235 Å². The summed E-state index contributed by atoms with van der Waals surface area (Å²) in [5.41, 5.74) is -0.709. The minimum atomic E-state index is -4.52. The molecule has 1 unspecified atom stereocenters. The molecule has 1 heterocycles.